The Hall–Kier alpha value is -1.86. The second-order valence-electron chi connectivity index (χ2n) is 4.64. The molecule has 0 radical (unpaired) electrons. The third-order valence-electron chi connectivity index (χ3n) is 2.80. The summed E-state index contributed by atoms with van der Waals surface area (Å²) >= 11 is 6.78. The van der Waals surface area contributed by atoms with Crippen molar-refractivity contribution in [2.75, 3.05) is 30.8 Å². The molecule has 0 aliphatic rings. The number of benzene rings is 1. The van der Waals surface area contributed by atoms with Crippen LogP contribution in [0.3, 0.4) is 0 Å². The first-order chi connectivity index (χ1) is 11.6. The summed E-state index contributed by atoms with van der Waals surface area (Å²) in [6, 6.07) is 0.894. The maximum absolute atomic E-state index is 10.4. The van der Waals surface area contributed by atoms with Gasteiger partial charge in [-0.1, -0.05) is 31.9 Å². The number of hydrogen-bond acceptors (Lipinski definition) is 8. The summed E-state index contributed by atoms with van der Waals surface area (Å²) < 4.78 is 0. The molecule has 13 heteroatoms. The highest BCUT2D eigenvalue weighted by atomic mass is 79.9. The van der Waals surface area contributed by atoms with Crippen LogP contribution in [0.1, 0.15) is 6.42 Å². The monoisotopic (exact) mass is 486 g/mol. The van der Waals surface area contributed by atoms with E-state index in [1.165, 1.54) is 13.0 Å². The third kappa shape index (κ3) is 8.18. The summed E-state index contributed by atoms with van der Waals surface area (Å²) in [4.78, 5) is 30.1. The molecule has 0 aliphatic carbocycles. The molecule has 0 bridgehead atoms. The second-order valence-corrected chi connectivity index (χ2v) is 6.22. The van der Waals surface area contributed by atoms with E-state index in [-0.39, 0.29) is 0 Å². The SMILES string of the molecule is CN(CCBr)CCCBr.O=[N+]([O-])c1cc([N+](=O)[O-])c(O)c([N+](=O)[O-])c1. The number of rotatable bonds is 8. The van der Waals surface area contributed by atoms with Crippen LogP contribution in [-0.2, 0) is 0 Å². The van der Waals surface area contributed by atoms with E-state index in [2.05, 4.69) is 43.8 Å². The average Bonchev–Trinajstić information content (AvgIpc) is 2.53. The van der Waals surface area contributed by atoms with Crippen molar-refractivity contribution in [3.63, 3.8) is 0 Å². The smallest absolute Gasteiger partial charge is 0.324 e. The van der Waals surface area contributed by atoms with Gasteiger partial charge in [-0.25, -0.2) is 0 Å². The zero-order valence-electron chi connectivity index (χ0n) is 13.1. The molecule has 1 rings (SSSR count). The van der Waals surface area contributed by atoms with Gasteiger partial charge in [-0.2, -0.15) is 0 Å². The lowest BCUT2D eigenvalue weighted by Gasteiger charge is -2.12. The van der Waals surface area contributed by atoms with E-state index < -0.39 is 37.6 Å². The molecule has 0 aromatic heterocycles. The maximum Gasteiger partial charge on any atom is 0.324 e. The number of non-ortho nitro benzene ring substituents is 1. The van der Waals surface area contributed by atoms with Crippen LogP contribution < -0.4 is 0 Å². The van der Waals surface area contributed by atoms with E-state index in [0.717, 1.165) is 17.2 Å². The molecule has 11 nitrogen and oxygen atoms in total. The molecule has 0 saturated carbocycles. The van der Waals surface area contributed by atoms with Gasteiger partial charge in [-0.3, -0.25) is 30.3 Å². The minimum absolute atomic E-state index is 0.447. The fraction of sp³-hybridized carbons (Fsp3) is 0.500. The Kier molecular flexibility index (Phi) is 10.8. The number of phenols is 1. The molecule has 1 aromatic rings. The number of alkyl halides is 2. The van der Waals surface area contributed by atoms with Crippen molar-refractivity contribution >= 4 is 48.9 Å². The van der Waals surface area contributed by atoms with E-state index in [9.17, 15) is 30.3 Å². The predicted molar refractivity (Wildman–Crippen MR) is 97.8 cm³/mol. The van der Waals surface area contributed by atoms with Gasteiger partial charge in [0.15, 0.2) is 0 Å². The van der Waals surface area contributed by atoms with Gasteiger partial charge in [0.25, 0.3) is 11.4 Å². The summed E-state index contributed by atoms with van der Waals surface area (Å²) in [7, 11) is 2.14. The topological polar surface area (TPSA) is 153 Å². The number of phenolic OH excluding ortho intramolecular Hbond substituents is 1. The summed E-state index contributed by atoms with van der Waals surface area (Å²) in [6.45, 7) is 2.34. The normalized spacial score (nSPS) is 10.1. The zero-order chi connectivity index (χ0) is 19.6. The molecule has 140 valence electrons. The van der Waals surface area contributed by atoms with Crippen LogP contribution >= 0.6 is 31.9 Å². The Morgan fingerprint density at radius 1 is 0.960 bits per heavy atom. The Labute approximate surface area is 159 Å². The van der Waals surface area contributed by atoms with Crippen LogP contribution in [0.15, 0.2) is 12.1 Å². The molecular formula is C12H16Br2N4O7. The van der Waals surface area contributed by atoms with Crippen molar-refractivity contribution in [3.8, 4) is 5.75 Å². The molecule has 0 saturated heterocycles. The molecule has 1 N–H and O–H groups in total. The largest absolute Gasteiger partial charge is 0.497 e. The molecule has 0 fully saturated rings. The minimum atomic E-state index is -1.21. The molecule has 25 heavy (non-hydrogen) atoms. The fourth-order valence-corrected chi connectivity index (χ4v) is 2.42. The average molecular weight is 488 g/mol. The highest BCUT2D eigenvalue weighted by Crippen LogP contribution is 2.38. The zero-order valence-corrected chi connectivity index (χ0v) is 16.3. The van der Waals surface area contributed by atoms with Crippen molar-refractivity contribution in [2.45, 2.75) is 6.42 Å². The third-order valence-corrected chi connectivity index (χ3v) is 3.71. The van der Waals surface area contributed by atoms with Crippen LogP contribution in [0.5, 0.6) is 5.75 Å². The van der Waals surface area contributed by atoms with E-state index in [1.54, 1.807) is 0 Å². The predicted octanol–water partition coefficient (Wildman–Crippen LogP) is 3.21. The van der Waals surface area contributed by atoms with Crippen molar-refractivity contribution in [1.29, 1.82) is 0 Å². The van der Waals surface area contributed by atoms with Gasteiger partial charge in [0.1, 0.15) is 0 Å². The molecular weight excluding hydrogens is 472 g/mol. The van der Waals surface area contributed by atoms with Gasteiger partial charge in [0, 0.05) is 17.2 Å². The van der Waals surface area contributed by atoms with Gasteiger partial charge in [-0.15, -0.1) is 0 Å². The number of nitro benzene ring substituents is 3. The number of nitrogens with zero attached hydrogens (tertiary/aromatic N) is 4. The molecule has 0 spiro atoms. The van der Waals surface area contributed by atoms with Crippen molar-refractivity contribution < 1.29 is 19.9 Å². The highest BCUT2D eigenvalue weighted by Gasteiger charge is 2.30. The lowest BCUT2D eigenvalue weighted by Crippen LogP contribution is -2.21. The van der Waals surface area contributed by atoms with Crippen LogP contribution in [0, 0.1) is 30.3 Å². The highest BCUT2D eigenvalue weighted by molar-refractivity contribution is 9.09. The number of nitro groups is 3. The van der Waals surface area contributed by atoms with Gasteiger partial charge >= 0.3 is 11.4 Å². The van der Waals surface area contributed by atoms with Gasteiger partial charge < -0.3 is 10.0 Å². The second kappa shape index (κ2) is 11.7. The quantitative estimate of drug-likeness (QED) is 0.333. The van der Waals surface area contributed by atoms with Crippen LogP contribution in [0.25, 0.3) is 0 Å². The minimum Gasteiger partial charge on any atom is -0.497 e. The lowest BCUT2D eigenvalue weighted by atomic mass is 10.2. The Bertz CT molecular complexity index is 594. The van der Waals surface area contributed by atoms with E-state index in [1.807, 2.05) is 0 Å². The Morgan fingerprint density at radius 2 is 1.44 bits per heavy atom. The van der Waals surface area contributed by atoms with Crippen molar-refractivity contribution in [2.24, 2.45) is 0 Å². The van der Waals surface area contributed by atoms with E-state index in [4.69, 9.17) is 5.11 Å². The summed E-state index contributed by atoms with van der Waals surface area (Å²) in [6.07, 6.45) is 1.24. The Morgan fingerprint density at radius 3 is 1.76 bits per heavy atom. The first-order valence-electron chi connectivity index (χ1n) is 6.76. The number of halogens is 2. The van der Waals surface area contributed by atoms with Crippen molar-refractivity contribution in [3.05, 3.63) is 42.5 Å². The summed E-state index contributed by atoms with van der Waals surface area (Å²) in [5, 5.41) is 42.4. The molecule has 0 unspecified atom stereocenters. The fourth-order valence-electron chi connectivity index (χ4n) is 1.56. The summed E-state index contributed by atoms with van der Waals surface area (Å²) in [5.74, 6) is -1.21. The number of hydrogen-bond donors (Lipinski definition) is 1. The molecule has 0 aliphatic heterocycles. The maximum atomic E-state index is 10.4. The van der Waals surface area contributed by atoms with Crippen molar-refractivity contribution in [1.82, 2.24) is 4.90 Å². The van der Waals surface area contributed by atoms with E-state index >= 15 is 0 Å². The van der Waals surface area contributed by atoms with Crippen LogP contribution in [0.2, 0.25) is 0 Å². The molecule has 0 heterocycles. The number of aromatic hydroxyl groups is 1. The van der Waals surface area contributed by atoms with Crippen LogP contribution in [0.4, 0.5) is 17.1 Å². The van der Waals surface area contributed by atoms with Gasteiger partial charge in [0.2, 0.25) is 0 Å². The Balaban J connectivity index is 0.000000547. The summed E-state index contributed by atoms with van der Waals surface area (Å²) in [5.41, 5.74) is -3.00. The first-order valence-corrected chi connectivity index (χ1v) is 9.00. The molecule has 0 amide bonds. The lowest BCUT2D eigenvalue weighted by molar-refractivity contribution is -0.404. The molecule has 1 aromatic carbocycles. The van der Waals surface area contributed by atoms with E-state index in [0.29, 0.717) is 12.1 Å². The standard InChI is InChI=1S/C6H13Br2N.C6H3N3O7/c1-9(6-4-8)5-2-3-7;10-6-4(8(13)14)1-3(7(11)12)2-5(6)9(15)16/h2-6H2,1H3;1-2,10H. The van der Waals surface area contributed by atoms with Crippen LogP contribution in [-0.4, -0.2) is 55.6 Å². The van der Waals surface area contributed by atoms with Gasteiger partial charge in [-0.05, 0) is 20.0 Å². The molecule has 0 atom stereocenters. The van der Waals surface area contributed by atoms with Gasteiger partial charge in [0.05, 0.1) is 26.9 Å². The first kappa shape index (κ1) is 23.1.